The maximum absolute atomic E-state index is 13.7. The number of Topliss-reactive ketones (excluding diaryl/α,β-unsaturated/α-hetero) is 1. The fourth-order valence-electron chi connectivity index (χ4n) is 1.78. The molecular formula is C14H14ClFN2OS. The molecule has 2 aromatic rings. The van der Waals surface area contributed by atoms with Crippen molar-refractivity contribution < 1.29 is 9.18 Å². The highest BCUT2D eigenvalue weighted by Gasteiger charge is 2.26. The van der Waals surface area contributed by atoms with Crippen molar-refractivity contribution in [1.29, 1.82) is 0 Å². The summed E-state index contributed by atoms with van der Waals surface area (Å²) in [6, 6.07) is 4.31. The van der Waals surface area contributed by atoms with Gasteiger partial charge in [-0.1, -0.05) is 42.9 Å². The molecule has 0 amide bonds. The molecule has 106 valence electrons. The second kappa shape index (κ2) is 5.58. The van der Waals surface area contributed by atoms with E-state index in [1.54, 1.807) is 6.07 Å². The molecule has 6 heteroatoms. The van der Waals surface area contributed by atoms with Crippen LogP contribution in [-0.2, 0) is 11.8 Å². The first-order valence-corrected chi connectivity index (χ1v) is 7.24. The molecule has 0 atom stereocenters. The fourth-order valence-corrected chi connectivity index (χ4v) is 2.75. The average Bonchev–Trinajstić information content (AvgIpc) is 2.81. The summed E-state index contributed by atoms with van der Waals surface area (Å²) >= 11 is 6.75. The molecule has 20 heavy (non-hydrogen) atoms. The zero-order valence-corrected chi connectivity index (χ0v) is 13.0. The van der Waals surface area contributed by atoms with Gasteiger partial charge in [0.15, 0.2) is 5.78 Å². The fraction of sp³-hybridized carbons (Fsp3) is 0.357. The SMILES string of the molecule is CC(C)(C)c1nnsc1C(=O)Cc1ccc(Cl)cc1F. The minimum Gasteiger partial charge on any atom is -0.293 e. The largest absolute Gasteiger partial charge is 0.293 e. The smallest absolute Gasteiger partial charge is 0.180 e. The minimum atomic E-state index is -0.472. The zero-order valence-electron chi connectivity index (χ0n) is 11.4. The number of hydrogen-bond acceptors (Lipinski definition) is 4. The van der Waals surface area contributed by atoms with Crippen LogP contribution in [0.4, 0.5) is 4.39 Å². The summed E-state index contributed by atoms with van der Waals surface area (Å²) < 4.78 is 17.6. The van der Waals surface area contributed by atoms with Gasteiger partial charge in [0.25, 0.3) is 0 Å². The normalized spacial score (nSPS) is 11.7. The lowest BCUT2D eigenvalue weighted by Gasteiger charge is -2.15. The van der Waals surface area contributed by atoms with Crippen LogP contribution in [0.3, 0.4) is 0 Å². The van der Waals surface area contributed by atoms with Gasteiger partial charge in [-0.15, -0.1) is 5.10 Å². The number of hydrogen-bond donors (Lipinski definition) is 0. The Morgan fingerprint density at radius 1 is 1.40 bits per heavy atom. The molecule has 0 saturated carbocycles. The number of benzene rings is 1. The third kappa shape index (κ3) is 3.22. The molecule has 0 saturated heterocycles. The van der Waals surface area contributed by atoms with Crippen molar-refractivity contribution in [2.24, 2.45) is 0 Å². The van der Waals surface area contributed by atoms with Gasteiger partial charge in [-0.05, 0) is 29.2 Å². The molecule has 0 fully saturated rings. The average molecular weight is 313 g/mol. The lowest BCUT2D eigenvalue weighted by molar-refractivity contribution is 0.0993. The molecule has 1 aromatic heterocycles. The summed E-state index contributed by atoms with van der Waals surface area (Å²) in [5.74, 6) is -0.646. The van der Waals surface area contributed by atoms with Gasteiger partial charge in [0.2, 0.25) is 0 Å². The van der Waals surface area contributed by atoms with E-state index in [1.165, 1.54) is 12.1 Å². The standard InChI is InChI=1S/C14H14ClFN2OS/c1-14(2,3)13-12(20-18-17-13)11(19)6-8-4-5-9(15)7-10(8)16/h4-5,7H,6H2,1-3H3. The number of carbonyl (C=O) groups excluding carboxylic acids is 1. The van der Waals surface area contributed by atoms with E-state index in [9.17, 15) is 9.18 Å². The predicted molar refractivity (Wildman–Crippen MR) is 78.1 cm³/mol. The number of halogens is 2. The number of rotatable bonds is 3. The van der Waals surface area contributed by atoms with Crippen molar-refractivity contribution in [2.45, 2.75) is 32.6 Å². The van der Waals surface area contributed by atoms with Crippen LogP contribution in [0.2, 0.25) is 5.02 Å². The van der Waals surface area contributed by atoms with E-state index in [1.807, 2.05) is 20.8 Å². The Morgan fingerprint density at radius 2 is 2.10 bits per heavy atom. The van der Waals surface area contributed by atoms with E-state index < -0.39 is 5.82 Å². The second-order valence-corrected chi connectivity index (χ2v) is 6.73. The maximum atomic E-state index is 13.7. The highest BCUT2D eigenvalue weighted by atomic mass is 35.5. The molecule has 0 radical (unpaired) electrons. The number of carbonyl (C=O) groups is 1. The van der Waals surface area contributed by atoms with Gasteiger partial charge < -0.3 is 0 Å². The highest BCUT2D eigenvalue weighted by molar-refractivity contribution is 7.08. The van der Waals surface area contributed by atoms with Crippen LogP contribution in [0.15, 0.2) is 18.2 Å². The van der Waals surface area contributed by atoms with Crippen molar-refractivity contribution in [3.8, 4) is 0 Å². The molecule has 0 spiro atoms. The van der Waals surface area contributed by atoms with Crippen molar-refractivity contribution in [2.75, 3.05) is 0 Å². The predicted octanol–water partition coefficient (Wildman–Crippen LogP) is 4.05. The first kappa shape index (κ1) is 15.1. The summed E-state index contributed by atoms with van der Waals surface area (Å²) in [5, 5.41) is 4.33. The first-order valence-electron chi connectivity index (χ1n) is 6.09. The second-order valence-electron chi connectivity index (χ2n) is 5.54. The number of ketones is 1. The zero-order chi connectivity index (χ0) is 14.9. The quantitative estimate of drug-likeness (QED) is 0.803. The topological polar surface area (TPSA) is 42.9 Å². The molecule has 0 aliphatic heterocycles. The molecule has 0 bridgehead atoms. The monoisotopic (exact) mass is 312 g/mol. The van der Waals surface area contributed by atoms with Crippen molar-refractivity contribution in [1.82, 2.24) is 9.59 Å². The molecule has 0 N–H and O–H groups in total. The summed E-state index contributed by atoms with van der Waals surface area (Å²) in [6.45, 7) is 5.89. The van der Waals surface area contributed by atoms with E-state index in [0.717, 1.165) is 11.5 Å². The van der Waals surface area contributed by atoms with E-state index in [-0.39, 0.29) is 17.6 Å². The van der Waals surface area contributed by atoms with Gasteiger partial charge in [-0.2, -0.15) is 0 Å². The van der Waals surface area contributed by atoms with Crippen LogP contribution >= 0.6 is 23.1 Å². The number of aromatic nitrogens is 2. The van der Waals surface area contributed by atoms with Gasteiger partial charge in [0.05, 0.1) is 5.69 Å². The van der Waals surface area contributed by atoms with Crippen LogP contribution < -0.4 is 0 Å². The Bertz CT molecular complexity index is 649. The highest BCUT2D eigenvalue weighted by Crippen LogP contribution is 2.27. The number of nitrogens with zero attached hydrogens (tertiary/aromatic N) is 2. The minimum absolute atomic E-state index is 0.0179. The van der Waals surface area contributed by atoms with E-state index in [4.69, 9.17) is 11.6 Å². The van der Waals surface area contributed by atoms with Crippen molar-refractivity contribution in [3.05, 3.63) is 45.2 Å². The molecule has 1 heterocycles. The summed E-state index contributed by atoms with van der Waals surface area (Å²) in [5.41, 5.74) is 0.714. The van der Waals surface area contributed by atoms with Crippen LogP contribution in [-0.4, -0.2) is 15.4 Å². The Kier molecular flexibility index (Phi) is 4.20. The molecule has 1 aromatic carbocycles. The Balaban J connectivity index is 2.27. The summed E-state index contributed by atoms with van der Waals surface area (Å²) in [7, 11) is 0. The van der Waals surface area contributed by atoms with Crippen LogP contribution in [0.1, 0.15) is 41.7 Å². The molecule has 0 aliphatic rings. The Labute approximate surface area is 125 Å². The van der Waals surface area contributed by atoms with E-state index >= 15 is 0 Å². The van der Waals surface area contributed by atoms with E-state index in [0.29, 0.717) is 21.2 Å². The Hall–Kier alpha value is -1.33. The molecular weight excluding hydrogens is 299 g/mol. The lowest BCUT2D eigenvalue weighted by atomic mass is 9.90. The van der Waals surface area contributed by atoms with Crippen molar-refractivity contribution >= 4 is 28.9 Å². The molecule has 2 rings (SSSR count). The van der Waals surface area contributed by atoms with Crippen molar-refractivity contribution in [3.63, 3.8) is 0 Å². The van der Waals surface area contributed by atoms with Gasteiger partial charge in [-0.3, -0.25) is 4.79 Å². The van der Waals surface area contributed by atoms with Crippen LogP contribution in [0.25, 0.3) is 0 Å². The van der Waals surface area contributed by atoms with Gasteiger partial charge in [-0.25, -0.2) is 4.39 Å². The third-order valence-electron chi connectivity index (χ3n) is 2.82. The summed E-state index contributed by atoms with van der Waals surface area (Å²) in [4.78, 5) is 12.8. The maximum Gasteiger partial charge on any atom is 0.180 e. The third-order valence-corrected chi connectivity index (χ3v) is 3.82. The molecule has 0 aliphatic carbocycles. The lowest BCUT2D eigenvalue weighted by Crippen LogP contribution is -2.17. The first-order chi connectivity index (χ1) is 9.29. The van der Waals surface area contributed by atoms with E-state index in [2.05, 4.69) is 9.59 Å². The van der Waals surface area contributed by atoms with Gasteiger partial charge in [0, 0.05) is 16.9 Å². The van der Waals surface area contributed by atoms with Gasteiger partial charge in [0.1, 0.15) is 10.7 Å². The van der Waals surface area contributed by atoms with Crippen LogP contribution in [0.5, 0.6) is 0 Å². The molecule has 0 unspecified atom stereocenters. The van der Waals surface area contributed by atoms with Crippen LogP contribution in [0, 0.1) is 5.82 Å². The van der Waals surface area contributed by atoms with Gasteiger partial charge >= 0.3 is 0 Å². The molecule has 3 nitrogen and oxygen atoms in total. The Morgan fingerprint density at radius 3 is 2.70 bits per heavy atom. The summed E-state index contributed by atoms with van der Waals surface area (Å²) in [6.07, 6.45) is -0.0179.